The highest BCUT2D eigenvalue weighted by Crippen LogP contribution is 2.23. The highest BCUT2D eigenvalue weighted by Gasteiger charge is 2.24. The van der Waals surface area contributed by atoms with Crippen LogP contribution >= 0.6 is 23.2 Å². The Kier molecular flexibility index (Phi) is 6.97. The summed E-state index contributed by atoms with van der Waals surface area (Å²) in [6, 6.07) is 13.2. The molecule has 2 amide bonds. The second-order valence-corrected chi connectivity index (χ2v) is 7.98. The van der Waals surface area contributed by atoms with Gasteiger partial charge in [-0.1, -0.05) is 53.0 Å². The molecule has 0 saturated carbocycles. The fourth-order valence-corrected chi connectivity index (χ4v) is 3.74. The molecule has 6 heteroatoms. The Labute approximate surface area is 176 Å². The first-order valence-corrected chi connectivity index (χ1v) is 10.3. The first-order chi connectivity index (χ1) is 13.4. The zero-order valence-corrected chi connectivity index (χ0v) is 17.5. The monoisotopic (exact) mass is 418 g/mol. The molecule has 0 aromatic heterocycles. The summed E-state index contributed by atoms with van der Waals surface area (Å²) in [6.45, 7) is 4.35. The van der Waals surface area contributed by atoms with Crippen LogP contribution in [-0.2, 0) is 11.2 Å². The molecule has 0 bridgehead atoms. The van der Waals surface area contributed by atoms with Crippen LogP contribution in [0.25, 0.3) is 0 Å². The minimum absolute atomic E-state index is 0.135. The van der Waals surface area contributed by atoms with Gasteiger partial charge in [-0.3, -0.25) is 9.59 Å². The van der Waals surface area contributed by atoms with E-state index in [4.69, 9.17) is 23.2 Å². The van der Waals surface area contributed by atoms with E-state index < -0.39 is 0 Å². The van der Waals surface area contributed by atoms with Crippen molar-refractivity contribution in [3.63, 3.8) is 0 Å². The number of halogens is 2. The summed E-state index contributed by atoms with van der Waals surface area (Å²) in [7, 11) is 0. The topological polar surface area (TPSA) is 40.6 Å². The van der Waals surface area contributed by atoms with Gasteiger partial charge >= 0.3 is 0 Å². The van der Waals surface area contributed by atoms with Crippen molar-refractivity contribution in [2.24, 2.45) is 0 Å². The number of amides is 2. The van der Waals surface area contributed by atoms with Crippen LogP contribution in [0.1, 0.15) is 34.3 Å². The van der Waals surface area contributed by atoms with Gasteiger partial charge in [0.1, 0.15) is 0 Å². The van der Waals surface area contributed by atoms with Crippen molar-refractivity contribution >= 4 is 35.0 Å². The highest BCUT2D eigenvalue weighted by molar-refractivity contribution is 6.35. The van der Waals surface area contributed by atoms with Gasteiger partial charge in [0, 0.05) is 37.6 Å². The van der Waals surface area contributed by atoms with E-state index >= 15 is 0 Å². The van der Waals surface area contributed by atoms with Gasteiger partial charge in [0.25, 0.3) is 5.91 Å². The first-order valence-electron chi connectivity index (χ1n) is 9.51. The van der Waals surface area contributed by atoms with E-state index in [1.807, 2.05) is 4.90 Å². The van der Waals surface area contributed by atoms with E-state index in [-0.39, 0.29) is 11.8 Å². The zero-order chi connectivity index (χ0) is 20.1. The Balaban J connectivity index is 1.56. The molecule has 4 nitrogen and oxygen atoms in total. The predicted molar refractivity (Wildman–Crippen MR) is 113 cm³/mol. The molecule has 0 N–H and O–H groups in total. The molecule has 0 aliphatic carbocycles. The van der Waals surface area contributed by atoms with Gasteiger partial charge in [-0.2, -0.15) is 0 Å². The molecule has 1 heterocycles. The number of nitrogens with zero attached hydrogens (tertiary/aromatic N) is 2. The Morgan fingerprint density at radius 2 is 1.61 bits per heavy atom. The fourth-order valence-electron chi connectivity index (χ4n) is 3.37. The maximum atomic E-state index is 12.8. The Morgan fingerprint density at radius 1 is 0.929 bits per heavy atom. The molecule has 1 aliphatic rings. The zero-order valence-electron chi connectivity index (χ0n) is 16.0. The predicted octanol–water partition coefficient (Wildman–Crippen LogP) is 4.61. The van der Waals surface area contributed by atoms with Gasteiger partial charge < -0.3 is 9.80 Å². The van der Waals surface area contributed by atoms with E-state index in [2.05, 4.69) is 31.2 Å². The minimum Gasteiger partial charge on any atom is -0.341 e. The van der Waals surface area contributed by atoms with Crippen LogP contribution in [0.3, 0.4) is 0 Å². The van der Waals surface area contributed by atoms with Crippen molar-refractivity contribution in [2.45, 2.75) is 26.2 Å². The van der Waals surface area contributed by atoms with Crippen LogP contribution in [0.4, 0.5) is 0 Å². The third kappa shape index (κ3) is 5.27. The normalized spacial score (nSPS) is 14.7. The first kappa shape index (κ1) is 20.7. The van der Waals surface area contributed by atoms with Crippen LogP contribution in [-0.4, -0.2) is 47.8 Å². The maximum absolute atomic E-state index is 12.8. The number of rotatable bonds is 4. The third-order valence-electron chi connectivity index (χ3n) is 5.04. The molecule has 2 aromatic rings. The summed E-state index contributed by atoms with van der Waals surface area (Å²) in [4.78, 5) is 29.1. The summed E-state index contributed by atoms with van der Waals surface area (Å²) in [6.07, 6.45) is 1.97. The van der Waals surface area contributed by atoms with Crippen molar-refractivity contribution in [1.29, 1.82) is 0 Å². The third-order valence-corrected chi connectivity index (χ3v) is 5.61. The number of hydrogen-bond acceptors (Lipinski definition) is 2. The summed E-state index contributed by atoms with van der Waals surface area (Å²) in [5.41, 5.74) is 2.79. The summed E-state index contributed by atoms with van der Waals surface area (Å²) < 4.78 is 0. The van der Waals surface area contributed by atoms with Crippen molar-refractivity contribution in [3.05, 3.63) is 69.2 Å². The van der Waals surface area contributed by atoms with Gasteiger partial charge in [0.15, 0.2) is 0 Å². The number of aryl methyl sites for hydroxylation is 2. The van der Waals surface area contributed by atoms with Crippen molar-refractivity contribution < 1.29 is 9.59 Å². The lowest BCUT2D eigenvalue weighted by Crippen LogP contribution is -2.37. The Hall–Kier alpha value is -2.04. The lowest BCUT2D eigenvalue weighted by atomic mass is 10.1. The molecule has 0 spiro atoms. The summed E-state index contributed by atoms with van der Waals surface area (Å²) >= 11 is 12.2. The molecule has 3 rings (SSSR count). The SMILES string of the molecule is Cc1ccc(CCC(=O)N2CCCN(C(=O)c3cc(Cl)ccc3Cl)CC2)cc1. The summed E-state index contributed by atoms with van der Waals surface area (Å²) in [5.74, 6) is -0.00267. The van der Waals surface area contributed by atoms with Crippen LogP contribution < -0.4 is 0 Å². The Bertz CT molecular complexity index is 852. The number of carbonyl (C=O) groups excluding carboxylic acids is 2. The largest absolute Gasteiger partial charge is 0.341 e. The van der Waals surface area contributed by atoms with Crippen LogP contribution in [0, 0.1) is 6.92 Å². The number of hydrogen-bond donors (Lipinski definition) is 0. The fraction of sp³-hybridized carbons (Fsp3) is 0.364. The van der Waals surface area contributed by atoms with Crippen molar-refractivity contribution in [3.8, 4) is 0 Å². The summed E-state index contributed by atoms with van der Waals surface area (Å²) in [5, 5.41) is 0.875. The molecule has 0 radical (unpaired) electrons. The lowest BCUT2D eigenvalue weighted by Gasteiger charge is -2.22. The van der Waals surface area contributed by atoms with Crippen molar-refractivity contribution in [1.82, 2.24) is 9.80 Å². The average molecular weight is 419 g/mol. The second kappa shape index (κ2) is 9.44. The van der Waals surface area contributed by atoms with Crippen LogP contribution in [0.15, 0.2) is 42.5 Å². The molecule has 1 fully saturated rings. The standard InChI is InChI=1S/C22H24Cl2N2O2/c1-16-3-5-17(6-4-16)7-10-21(27)25-11-2-12-26(14-13-25)22(28)19-15-18(23)8-9-20(19)24/h3-6,8-9,15H,2,7,10-14H2,1H3. The van der Waals surface area contributed by atoms with Crippen molar-refractivity contribution in [2.75, 3.05) is 26.2 Å². The van der Waals surface area contributed by atoms with E-state index in [1.54, 1.807) is 23.1 Å². The second-order valence-electron chi connectivity index (χ2n) is 7.14. The maximum Gasteiger partial charge on any atom is 0.255 e. The molecule has 148 valence electrons. The number of carbonyl (C=O) groups is 2. The molecule has 0 atom stereocenters. The van der Waals surface area contributed by atoms with Gasteiger partial charge in [-0.05, 0) is 43.5 Å². The van der Waals surface area contributed by atoms with Crippen LogP contribution in [0.5, 0.6) is 0 Å². The molecule has 1 aliphatic heterocycles. The molecule has 0 unspecified atom stereocenters. The quantitative estimate of drug-likeness (QED) is 0.726. The minimum atomic E-state index is -0.138. The molecular formula is C22H24Cl2N2O2. The molecule has 1 saturated heterocycles. The van der Waals surface area contributed by atoms with Crippen LogP contribution in [0.2, 0.25) is 10.0 Å². The highest BCUT2D eigenvalue weighted by atomic mass is 35.5. The van der Waals surface area contributed by atoms with E-state index in [1.165, 1.54) is 11.1 Å². The molecule has 28 heavy (non-hydrogen) atoms. The van der Waals surface area contributed by atoms with Gasteiger partial charge in [-0.15, -0.1) is 0 Å². The van der Waals surface area contributed by atoms with E-state index in [0.29, 0.717) is 48.2 Å². The van der Waals surface area contributed by atoms with Gasteiger partial charge in [0.2, 0.25) is 5.91 Å². The van der Waals surface area contributed by atoms with Gasteiger partial charge in [0.05, 0.1) is 10.6 Å². The smallest absolute Gasteiger partial charge is 0.255 e. The van der Waals surface area contributed by atoms with E-state index in [9.17, 15) is 9.59 Å². The number of benzene rings is 2. The van der Waals surface area contributed by atoms with E-state index in [0.717, 1.165) is 12.8 Å². The molecule has 2 aromatic carbocycles. The average Bonchev–Trinajstić information content (AvgIpc) is 2.95. The Morgan fingerprint density at radius 3 is 2.36 bits per heavy atom. The molecular weight excluding hydrogens is 395 g/mol. The van der Waals surface area contributed by atoms with Gasteiger partial charge in [-0.25, -0.2) is 0 Å². The lowest BCUT2D eigenvalue weighted by molar-refractivity contribution is -0.131.